The minimum absolute atomic E-state index is 0. The van der Waals surface area contributed by atoms with Gasteiger partial charge in [0.25, 0.3) is 0 Å². The summed E-state index contributed by atoms with van der Waals surface area (Å²) in [5.74, 6) is 0. The Bertz CT molecular complexity index is 371. The Kier molecular flexibility index (Phi) is 6.04. The van der Waals surface area contributed by atoms with E-state index >= 15 is 0 Å². The lowest BCUT2D eigenvalue weighted by Gasteiger charge is -2.16. The first kappa shape index (κ1) is 15.1. The van der Waals surface area contributed by atoms with Gasteiger partial charge in [-0.15, -0.1) is 12.4 Å². The molecule has 2 nitrogen and oxygen atoms in total. The van der Waals surface area contributed by atoms with Crippen molar-refractivity contribution in [1.29, 1.82) is 0 Å². The van der Waals surface area contributed by atoms with Gasteiger partial charge >= 0.3 is 0 Å². The van der Waals surface area contributed by atoms with Crippen LogP contribution in [0, 0.1) is 0 Å². The molecule has 1 aromatic rings. The van der Waals surface area contributed by atoms with E-state index in [9.17, 15) is 0 Å². The molecule has 1 unspecified atom stereocenters. The summed E-state index contributed by atoms with van der Waals surface area (Å²) in [6.07, 6.45) is 1.22. The van der Waals surface area contributed by atoms with Gasteiger partial charge in [-0.3, -0.25) is 4.90 Å². The summed E-state index contributed by atoms with van der Waals surface area (Å²) in [7, 11) is 2.02. The van der Waals surface area contributed by atoms with Gasteiger partial charge in [-0.25, -0.2) is 0 Å². The normalized spacial score (nSPS) is 20.3. The standard InChI is InChI=1S/C12H16Cl2N2.ClH/c1-15-10-4-5-16(8-10)7-9-2-3-11(13)12(14)6-9;/h2-3,6,10,15H,4-5,7-8H2,1H3;1H. The molecule has 0 radical (unpaired) electrons. The molecule has 1 heterocycles. The number of likely N-dealkylation sites (tertiary alicyclic amines) is 1. The summed E-state index contributed by atoms with van der Waals surface area (Å²) in [5, 5.41) is 4.58. The number of nitrogens with zero attached hydrogens (tertiary/aromatic N) is 1. The summed E-state index contributed by atoms with van der Waals surface area (Å²) in [6.45, 7) is 3.21. The number of hydrogen-bond acceptors (Lipinski definition) is 2. The van der Waals surface area contributed by atoms with Crippen molar-refractivity contribution < 1.29 is 0 Å². The number of rotatable bonds is 3. The predicted octanol–water partition coefficient (Wildman–Crippen LogP) is 3.21. The SMILES string of the molecule is CNC1CCN(Cc2ccc(Cl)c(Cl)c2)C1.Cl. The lowest BCUT2D eigenvalue weighted by Crippen LogP contribution is -2.29. The summed E-state index contributed by atoms with van der Waals surface area (Å²) < 4.78 is 0. The summed E-state index contributed by atoms with van der Waals surface area (Å²) in [4.78, 5) is 2.43. The fourth-order valence-electron chi connectivity index (χ4n) is 2.11. The Morgan fingerprint density at radius 1 is 1.35 bits per heavy atom. The van der Waals surface area contributed by atoms with Crippen LogP contribution in [0.2, 0.25) is 10.0 Å². The summed E-state index contributed by atoms with van der Waals surface area (Å²) >= 11 is 11.9. The van der Waals surface area contributed by atoms with Crippen molar-refractivity contribution in [3.05, 3.63) is 33.8 Å². The van der Waals surface area contributed by atoms with E-state index in [0.717, 1.165) is 19.6 Å². The molecule has 1 saturated heterocycles. The van der Waals surface area contributed by atoms with E-state index in [4.69, 9.17) is 23.2 Å². The van der Waals surface area contributed by atoms with Crippen LogP contribution in [0.4, 0.5) is 0 Å². The number of likely N-dealkylation sites (N-methyl/N-ethyl adjacent to an activating group) is 1. The van der Waals surface area contributed by atoms with Gasteiger partial charge in [-0.05, 0) is 31.2 Å². The third-order valence-corrected chi connectivity index (χ3v) is 3.81. The molecule has 1 aromatic carbocycles. The van der Waals surface area contributed by atoms with Gasteiger partial charge in [0.1, 0.15) is 0 Å². The third kappa shape index (κ3) is 4.01. The van der Waals surface area contributed by atoms with Crippen molar-refractivity contribution in [3.63, 3.8) is 0 Å². The summed E-state index contributed by atoms with van der Waals surface area (Å²) in [5.41, 5.74) is 1.23. The largest absolute Gasteiger partial charge is 0.316 e. The van der Waals surface area contributed by atoms with E-state index in [-0.39, 0.29) is 12.4 Å². The summed E-state index contributed by atoms with van der Waals surface area (Å²) in [6, 6.07) is 6.49. The molecule has 17 heavy (non-hydrogen) atoms. The molecule has 0 spiro atoms. The van der Waals surface area contributed by atoms with Crippen molar-refractivity contribution in [2.75, 3.05) is 20.1 Å². The minimum atomic E-state index is 0. The first-order chi connectivity index (χ1) is 7.69. The number of benzene rings is 1. The highest BCUT2D eigenvalue weighted by Crippen LogP contribution is 2.24. The van der Waals surface area contributed by atoms with Gasteiger partial charge in [-0.2, -0.15) is 0 Å². The van der Waals surface area contributed by atoms with Crippen molar-refractivity contribution in [2.45, 2.75) is 19.0 Å². The van der Waals surface area contributed by atoms with Gasteiger partial charge in [0.2, 0.25) is 0 Å². The second-order valence-corrected chi connectivity index (χ2v) is 5.07. The molecule has 5 heteroatoms. The van der Waals surface area contributed by atoms with E-state index in [1.165, 1.54) is 12.0 Å². The Labute approximate surface area is 119 Å². The molecule has 96 valence electrons. The van der Waals surface area contributed by atoms with Crippen LogP contribution in [0.25, 0.3) is 0 Å². The maximum Gasteiger partial charge on any atom is 0.0595 e. The van der Waals surface area contributed by atoms with Crippen LogP contribution in [0.1, 0.15) is 12.0 Å². The quantitative estimate of drug-likeness (QED) is 0.921. The van der Waals surface area contributed by atoms with E-state index in [1.54, 1.807) is 0 Å². The highest BCUT2D eigenvalue weighted by atomic mass is 35.5. The molecule has 0 bridgehead atoms. The fourth-order valence-corrected chi connectivity index (χ4v) is 2.43. The van der Waals surface area contributed by atoms with Gasteiger partial charge < -0.3 is 5.32 Å². The average molecular weight is 296 g/mol. The molecule has 1 aliphatic rings. The van der Waals surface area contributed by atoms with Crippen LogP contribution >= 0.6 is 35.6 Å². The average Bonchev–Trinajstić information content (AvgIpc) is 2.71. The van der Waals surface area contributed by atoms with Crippen molar-refractivity contribution in [2.24, 2.45) is 0 Å². The minimum Gasteiger partial charge on any atom is -0.316 e. The van der Waals surface area contributed by atoms with Gasteiger partial charge in [-0.1, -0.05) is 29.3 Å². The van der Waals surface area contributed by atoms with Crippen LogP contribution in [0.5, 0.6) is 0 Å². The van der Waals surface area contributed by atoms with Crippen molar-refractivity contribution in [3.8, 4) is 0 Å². The van der Waals surface area contributed by atoms with Crippen LogP contribution in [-0.2, 0) is 6.54 Å². The zero-order chi connectivity index (χ0) is 11.5. The van der Waals surface area contributed by atoms with E-state index in [1.807, 2.05) is 25.2 Å². The molecule has 0 aliphatic carbocycles. The Balaban J connectivity index is 0.00000144. The second-order valence-electron chi connectivity index (χ2n) is 4.26. The van der Waals surface area contributed by atoms with Gasteiger partial charge in [0, 0.05) is 25.7 Å². The number of halogens is 3. The monoisotopic (exact) mass is 294 g/mol. The second kappa shape index (κ2) is 6.81. The molecule has 1 N–H and O–H groups in total. The molecule has 1 aliphatic heterocycles. The van der Waals surface area contributed by atoms with Crippen molar-refractivity contribution in [1.82, 2.24) is 10.2 Å². The predicted molar refractivity (Wildman–Crippen MR) is 76.5 cm³/mol. The highest BCUT2D eigenvalue weighted by molar-refractivity contribution is 6.42. The molecule has 1 atom stereocenters. The Morgan fingerprint density at radius 2 is 2.12 bits per heavy atom. The van der Waals surface area contributed by atoms with Crippen molar-refractivity contribution >= 4 is 35.6 Å². The van der Waals surface area contributed by atoms with Crippen LogP contribution in [0.15, 0.2) is 18.2 Å². The Hall–Kier alpha value is 0.01000. The van der Waals surface area contributed by atoms with Gasteiger partial charge in [0.05, 0.1) is 10.0 Å². The first-order valence-corrected chi connectivity index (χ1v) is 6.28. The topological polar surface area (TPSA) is 15.3 Å². The van der Waals surface area contributed by atoms with E-state index in [0.29, 0.717) is 16.1 Å². The molecule has 0 saturated carbocycles. The zero-order valence-corrected chi connectivity index (χ0v) is 12.1. The van der Waals surface area contributed by atoms with Crippen LogP contribution < -0.4 is 5.32 Å². The third-order valence-electron chi connectivity index (χ3n) is 3.07. The Morgan fingerprint density at radius 3 is 2.71 bits per heavy atom. The fraction of sp³-hybridized carbons (Fsp3) is 0.500. The van der Waals surface area contributed by atoms with Crippen LogP contribution in [-0.4, -0.2) is 31.1 Å². The molecule has 0 amide bonds. The molecule has 0 aromatic heterocycles. The first-order valence-electron chi connectivity index (χ1n) is 5.52. The maximum absolute atomic E-state index is 5.99. The molecule has 1 fully saturated rings. The lowest BCUT2D eigenvalue weighted by atomic mass is 10.2. The van der Waals surface area contributed by atoms with Gasteiger partial charge in [0.15, 0.2) is 0 Å². The number of hydrogen-bond donors (Lipinski definition) is 1. The lowest BCUT2D eigenvalue weighted by molar-refractivity contribution is 0.322. The highest BCUT2D eigenvalue weighted by Gasteiger charge is 2.20. The maximum atomic E-state index is 5.99. The zero-order valence-electron chi connectivity index (χ0n) is 9.75. The number of nitrogens with one attached hydrogen (secondary N) is 1. The molecular formula is C12H17Cl3N2. The van der Waals surface area contributed by atoms with E-state index < -0.39 is 0 Å². The van der Waals surface area contributed by atoms with Crippen LogP contribution in [0.3, 0.4) is 0 Å². The smallest absolute Gasteiger partial charge is 0.0595 e. The molecule has 2 rings (SSSR count). The van der Waals surface area contributed by atoms with E-state index in [2.05, 4.69) is 10.2 Å². The molecular weight excluding hydrogens is 279 g/mol.